The van der Waals surface area contributed by atoms with Crippen LogP contribution in [0.15, 0.2) is 0 Å². The minimum atomic E-state index is 0.275. The SMILES string of the molecule is CCCCCCCCOCC(=O)CCCCCC. The Balaban J connectivity index is 3.10. The number of ether oxygens (including phenoxy) is 1. The number of carbonyl (C=O) groups excluding carboxylic acids is 1. The smallest absolute Gasteiger partial charge is 0.158 e. The number of hydrogen-bond donors (Lipinski definition) is 0. The van der Waals surface area contributed by atoms with Gasteiger partial charge in [-0.05, 0) is 12.8 Å². The van der Waals surface area contributed by atoms with Crippen molar-refractivity contribution in [3.63, 3.8) is 0 Å². The normalized spacial score (nSPS) is 10.8. The molecule has 0 rings (SSSR count). The largest absolute Gasteiger partial charge is 0.374 e. The quantitative estimate of drug-likeness (QED) is 0.413. The van der Waals surface area contributed by atoms with Gasteiger partial charge in [0.2, 0.25) is 0 Å². The number of unbranched alkanes of at least 4 members (excludes halogenated alkanes) is 8. The van der Waals surface area contributed by atoms with Crippen molar-refractivity contribution in [1.29, 1.82) is 0 Å². The van der Waals surface area contributed by atoms with Crippen molar-refractivity contribution in [1.82, 2.24) is 0 Å². The Kier molecular flexibility index (Phi) is 14.4. The molecule has 0 unspecified atom stereocenters. The molecule has 0 N–H and O–H groups in total. The molecule has 0 spiro atoms. The van der Waals surface area contributed by atoms with Crippen molar-refractivity contribution in [3.8, 4) is 0 Å². The summed E-state index contributed by atoms with van der Waals surface area (Å²) in [5, 5.41) is 0. The van der Waals surface area contributed by atoms with E-state index in [1.165, 1.54) is 51.4 Å². The summed E-state index contributed by atoms with van der Waals surface area (Å²) in [5.41, 5.74) is 0. The van der Waals surface area contributed by atoms with Crippen LogP contribution in [0.4, 0.5) is 0 Å². The van der Waals surface area contributed by atoms with Gasteiger partial charge in [0, 0.05) is 13.0 Å². The second-order valence-electron chi connectivity index (χ2n) is 5.17. The number of carbonyl (C=O) groups is 1. The van der Waals surface area contributed by atoms with E-state index >= 15 is 0 Å². The summed E-state index contributed by atoms with van der Waals surface area (Å²) in [6.07, 6.45) is 13.0. The highest BCUT2D eigenvalue weighted by atomic mass is 16.5. The minimum absolute atomic E-state index is 0.275. The Hall–Kier alpha value is -0.370. The lowest BCUT2D eigenvalue weighted by Gasteiger charge is -2.04. The Morgan fingerprint density at radius 1 is 0.778 bits per heavy atom. The summed E-state index contributed by atoms with van der Waals surface area (Å²) in [4.78, 5) is 11.5. The third-order valence-corrected chi connectivity index (χ3v) is 3.21. The maximum atomic E-state index is 11.5. The summed E-state index contributed by atoms with van der Waals surface area (Å²) in [6.45, 7) is 5.51. The van der Waals surface area contributed by atoms with E-state index in [4.69, 9.17) is 4.74 Å². The van der Waals surface area contributed by atoms with Crippen molar-refractivity contribution in [2.75, 3.05) is 13.2 Å². The second kappa shape index (κ2) is 14.7. The molecule has 2 heteroatoms. The zero-order valence-electron chi connectivity index (χ0n) is 12.5. The van der Waals surface area contributed by atoms with Crippen LogP contribution in [-0.4, -0.2) is 19.0 Å². The molecule has 108 valence electrons. The summed E-state index contributed by atoms with van der Waals surface area (Å²) < 4.78 is 5.41. The van der Waals surface area contributed by atoms with Crippen LogP contribution in [0.1, 0.15) is 84.5 Å². The van der Waals surface area contributed by atoms with Crippen molar-refractivity contribution in [2.45, 2.75) is 84.5 Å². The third kappa shape index (κ3) is 13.7. The van der Waals surface area contributed by atoms with Gasteiger partial charge in [-0.3, -0.25) is 4.79 Å². The summed E-state index contributed by atoms with van der Waals surface area (Å²) >= 11 is 0. The third-order valence-electron chi connectivity index (χ3n) is 3.21. The van der Waals surface area contributed by atoms with Gasteiger partial charge in [-0.2, -0.15) is 0 Å². The van der Waals surface area contributed by atoms with E-state index in [-0.39, 0.29) is 5.78 Å². The zero-order chi connectivity index (χ0) is 13.5. The van der Waals surface area contributed by atoms with E-state index in [0.29, 0.717) is 13.0 Å². The highest BCUT2D eigenvalue weighted by Crippen LogP contribution is 2.05. The molecule has 0 fully saturated rings. The molecule has 0 aromatic heterocycles. The highest BCUT2D eigenvalue weighted by Gasteiger charge is 2.01. The monoisotopic (exact) mass is 256 g/mol. The van der Waals surface area contributed by atoms with E-state index < -0.39 is 0 Å². The van der Waals surface area contributed by atoms with Gasteiger partial charge in [-0.1, -0.05) is 65.2 Å². The zero-order valence-corrected chi connectivity index (χ0v) is 12.5. The number of ketones is 1. The molecule has 0 heterocycles. The fraction of sp³-hybridized carbons (Fsp3) is 0.938. The van der Waals surface area contributed by atoms with Gasteiger partial charge in [0.05, 0.1) is 0 Å². The number of Topliss-reactive ketones (excluding diaryl/α,β-unsaturated/α-hetero) is 1. The minimum Gasteiger partial charge on any atom is -0.374 e. The fourth-order valence-corrected chi connectivity index (χ4v) is 1.99. The van der Waals surface area contributed by atoms with E-state index in [1.807, 2.05) is 0 Å². The lowest BCUT2D eigenvalue weighted by atomic mass is 10.1. The predicted octanol–water partition coefficient (Wildman–Crippen LogP) is 4.90. The standard InChI is InChI=1S/C16H32O2/c1-3-5-7-9-10-12-14-18-15-16(17)13-11-8-6-4-2/h3-15H2,1-2H3. The molecule has 0 amide bonds. The Morgan fingerprint density at radius 2 is 1.33 bits per heavy atom. The van der Waals surface area contributed by atoms with Crippen LogP contribution in [0.5, 0.6) is 0 Å². The Labute approximate surface area is 113 Å². The first kappa shape index (κ1) is 17.6. The maximum Gasteiger partial charge on any atom is 0.158 e. The highest BCUT2D eigenvalue weighted by molar-refractivity contribution is 5.79. The van der Waals surface area contributed by atoms with Crippen molar-refractivity contribution < 1.29 is 9.53 Å². The van der Waals surface area contributed by atoms with E-state index in [9.17, 15) is 4.79 Å². The van der Waals surface area contributed by atoms with Crippen molar-refractivity contribution in [2.24, 2.45) is 0 Å². The first-order valence-corrected chi connectivity index (χ1v) is 7.90. The summed E-state index contributed by atoms with van der Waals surface area (Å²) in [7, 11) is 0. The first-order chi connectivity index (χ1) is 8.81. The average Bonchev–Trinajstić information content (AvgIpc) is 2.38. The molecule has 2 nitrogen and oxygen atoms in total. The molecular weight excluding hydrogens is 224 g/mol. The van der Waals surface area contributed by atoms with Crippen LogP contribution in [-0.2, 0) is 9.53 Å². The molecule has 0 radical (unpaired) electrons. The van der Waals surface area contributed by atoms with Gasteiger partial charge < -0.3 is 4.74 Å². The number of rotatable bonds is 14. The molecule has 0 aromatic rings. The predicted molar refractivity (Wildman–Crippen MR) is 78.0 cm³/mol. The molecule has 0 saturated carbocycles. The van der Waals surface area contributed by atoms with Gasteiger partial charge in [0.15, 0.2) is 5.78 Å². The van der Waals surface area contributed by atoms with Crippen LogP contribution >= 0.6 is 0 Å². The lowest BCUT2D eigenvalue weighted by Crippen LogP contribution is -2.09. The molecule has 0 saturated heterocycles. The fourth-order valence-electron chi connectivity index (χ4n) is 1.99. The average molecular weight is 256 g/mol. The summed E-state index contributed by atoms with van der Waals surface area (Å²) in [5.74, 6) is 0.275. The van der Waals surface area contributed by atoms with E-state index in [0.717, 1.165) is 19.4 Å². The molecule has 0 aromatic carbocycles. The molecule has 0 bridgehead atoms. The molecule has 18 heavy (non-hydrogen) atoms. The Bertz CT molecular complexity index is 178. The van der Waals surface area contributed by atoms with Gasteiger partial charge in [-0.25, -0.2) is 0 Å². The topological polar surface area (TPSA) is 26.3 Å². The Morgan fingerprint density at radius 3 is 2.00 bits per heavy atom. The van der Waals surface area contributed by atoms with Crippen LogP contribution in [0.3, 0.4) is 0 Å². The second-order valence-corrected chi connectivity index (χ2v) is 5.17. The van der Waals surface area contributed by atoms with Crippen LogP contribution in [0.25, 0.3) is 0 Å². The van der Waals surface area contributed by atoms with E-state index in [2.05, 4.69) is 13.8 Å². The maximum absolute atomic E-state index is 11.5. The molecule has 0 aliphatic heterocycles. The lowest BCUT2D eigenvalue weighted by molar-refractivity contribution is -0.123. The molecular formula is C16H32O2. The van der Waals surface area contributed by atoms with Gasteiger partial charge in [0.25, 0.3) is 0 Å². The van der Waals surface area contributed by atoms with Crippen molar-refractivity contribution >= 4 is 5.78 Å². The van der Waals surface area contributed by atoms with E-state index in [1.54, 1.807) is 0 Å². The van der Waals surface area contributed by atoms with Crippen LogP contribution in [0.2, 0.25) is 0 Å². The summed E-state index contributed by atoms with van der Waals surface area (Å²) in [6, 6.07) is 0. The van der Waals surface area contributed by atoms with Crippen LogP contribution < -0.4 is 0 Å². The van der Waals surface area contributed by atoms with Gasteiger partial charge >= 0.3 is 0 Å². The number of hydrogen-bond acceptors (Lipinski definition) is 2. The molecule has 0 atom stereocenters. The van der Waals surface area contributed by atoms with Gasteiger partial charge in [0.1, 0.15) is 6.61 Å². The van der Waals surface area contributed by atoms with Gasteiger partial charge in [-0.15, -0.1) is 0 Å². The molecule has 0 aliphatic carbocycles. The first-order valence-electron chi connectivity index (χ1n) is 7.90. The molecule has 0 aliphatic rings. The van der Waals surface area contributed by atoms with Crippen LogP contribution in [0, 0.1) is 0 Å². The van der Waals surface area contributed by atoms with Crippen molar-refractivity contribution in [3.05, 3.63) is 0 Å².